The number of aliphatic carboxylic acids is 1. The van der Waals surface area contributed by atoms with Gasteiger partial charge in [-0.15, -0.1) is 0 Å². The summed E-state index contributed by atoms with van der Waals surface area (Å²) in [4.78, 5) is 10.8. The molecule has 18 heavy (non-hydrogen) atoms. The molecule has 0 saturated carbocycles. The number of alkyl halides is 3. The van der Waals surface area contributed by atoms with Crippen molar-refractivity contribution in [2.45, 2.75) is 25.6 Å². The van der Waals surface area contributed by atoms with Crippen LogP contribution in [0.3, 0.4) is 0 Å². The van der Waals surface area contributed by atoms with Crippen molar-refractivity contribution in [2.75, 3.05) is 5.73 Å². The number of nitrogens with two attached hydrogens (primary N) is 1. The number of hydrogen-bond donors (Lipinski definition) is 2. The third-order valence-electron chi connectivity index (χ3n) is 2.14. The number of ether oxygens (including phenoxy) is 1. The molecule has 0 aromatic heterocycles. The first-order valence-electron chi connectivity index (χ1n) is 4.92. The average Bonchev–Trinajstić information content (AvgIpc) is 2.13. The molecule has 0 unspecified atom stereocenters. The van der Waals surface area contributed by atoms with Gasteiger partial charge in [0.25, 0.3) is 0 Å². The molecule has 1 aromatic carbocycles. The third kappa shape index (κ3) is 3.28. The molecular weight excluding hydrogens is 251 g/mol. The number of nitrogen functional groups attached to an aromatic ring is 1. The van der Waals surface area contributed by atoms with E-state index in [9.17, 15) is 18.0 Å². The average molecular weight is 263 g/mol. The Morgan fingerprint density at radius 2 is 1.83 bits per heavy atom. The zero-order valence-electron chi connectivity index (χ0n) is 9.71. The fourth-order valence-electron chi connectivity index (χ4n) is 1.18. The van der Waals surface area contributed by atoms with E-state index < -0.39 is 23.3 Å². The van der Waals surface area contributed by atoms with Crippen molar-refractivity contribution in [2.24, 2.45) is 0 Å². The molecule has 0 radical (unpaired) electrons. The highest BCUT2D eigenvalue weighted by molar-refractivity contribution is 5.76. The summed E-state index contributed by atoms with van der Waals surface area (Å²) in [6, 6.07) is 2.60. The van der Waals surface area contributed by atoms with Crippen LogP contribution in [-0.4, -0.2) is 16.7 Å². The van der Waals surface area contributed by atoms with E-state index in [1.54, 1.807) is 0 Å². The Balaban J connectivity index is 3.12. The van der Waals surface area contributed by atoms with Gasteiger partial charge in [0.15, 0.2) is 5.60 Å². The molecule has 0 spiro atoms. The molecule has 1 aromatic rings. The first-order chi connectivity index (χ1) is 8.02. The van der Waals surface area contributed by atoms with Crippen LogP contribution in [0.2, 0.25) is 0 Å². The maximum absolute atomic E-state index is 12.5. The lowest BCUT2D eigenvalue weighted by Gasteiger charge is -2.22. The molecule has 0 aliphatic heterocycles. The summed E-state index contributed by atoms with van der Waals surface area (Å²) >= 11 is 0. The Kier molecular flexibility index (Phi) is 3.45. The summed E-state index contributed by atoms with van der Waals surface area (Å²) in [7, 11) is 0. The Labute approximate surface area is 101 Å². The van der Waals surface area contributed by atoms with Gasteiger partial charge in [-0.25, -0.2) is 4.79 Å². The molecule has 3 N–H and O–H groups in total. The van der Waals surface area contributed by atoms with E-state index in [4.69, 9.17) is 15.6 Å². The molecule has 0 saturated heterocycles. The number of carboxylic acids is 1. The predicted octanol–water partition coefficient (Wildman–Crippen LogP) is 2.53. The predicted molar refractivity (Wildman–Crippen MR) is 58.2 cm³/mol. The van der Waals surface area contributed by atoms with Crippen molar-refractivity contribution in [3.63, 3.8) is 0 Å². The molecule has 0 fully saturated rings. The van der Waals surface area contributed by atoms with E-state index in [1.165, 1.54) is 13.8 Å². The summed E-state index contributed by atoms with van der Waals surface area (Å²) < 4.78 is 42.5. The minimum absolute atomic E-state index is 0.152. The molecule has 100 valence electrons. The first kappa shape index (κ1) is 14.1. The summed E-state index contributed by atoms with van der Waals surface area (Å²) in [5.74, 6) is -1.53. The lowest BCUT2D eigenvalue weighted by atomic mass is 10.1. The van der Waals surface area contributed by atoms with Crippen LogP contribution in [0.5, 0.6) is 5.75 Å². The van der Waals surface area contributed by atoms with Crippen molar-refractivity contribution >= 4 is 11.7 Å². The molecule has 0 amide bonds. The second kappa shape index (κ2) is 4.40. The van der Waals surface area contributed by atoms with Gasteiger partial charge in [-0.2, -0.15) is 13.2 Å². The quantitative estimate of drug-likeness (QED) is 0.822. The minimum Gasteiger partial charge on any atom is -0.478 e. The van der Waals surface area contributed by atoms with Gasteiger partial charge >= 0.3 is 12.1 Å². The lowest BCUT2D eigenvalue weighted by molar-refractivity contribution is -0.152. The molecule has 7 heteroatoms. The minimum atomic E-state index is -4.57. The fraction of sp³-hybridized carbons (Fsp3) is 0.364. The van der Waals surface area contributed by atoms with Crippen LogP contribution in [0.1, 0.15) is 19.4 Å². The van der Waals surface area contributed by atoms with Crippen LogP contribution >= 0.6 is 0 Å². The van der Waals surface area contributed by atoms with Gasteiger partial charge in [0.05, 0.1) is 5.56 Å². The molecule has 0 aliphatic rings. The Morgan fingerprint density at radius 3 is 2.28 bits per heavy atom. The highest BCUT2D eigenvalue weighted by Crippen LogP contribution is 2.34. The molecular formula is C11H12F3NO3. The summed E-state index contributed by atoms with van der Waals surface area (Å²) in [6.07, 6.45) is -4.57. The van der Waals surface area contributed by atoms with Gasteiger partial charge in [-0.1, -0.05) is 0 Å². The van der Waals surface area contributed by atoms with E-state index in [0.29, 0.717) is 6.07 Å². The summed E-state index contributed by atoms with van der Waals surface area (Å²) in [6.45, 7) is 2.46. The SMILES string of the molecule is CC(C)(Oc1cc(N)cc(C(F)(F)F)c1)C(=O)O. The number of carboxylic acid groups (broad SMARTS) is 1. The van der Waals surface area contributed by atoms with Crippen molar-refractivity contribution in [1.29, 1.82) is 0 Å². The number of hydrogen-bond acceptors (Lipinski definition) is 3. The molecule has 4 nitrogen and oxygen atoms in total. The van der Waals surface area contributed by atoms with Gasteiger partial charge in [0, 0.05) is 11.8 Å². The molecule has 0 bridgehead atoms. The van der Waals surface area contributed by atoms with Crippen molar-refractivity contribution in [1.82, 2.24) is 0 Å². The van der Waals surface area contributed by atoms with Crippen LogP contribution in [0, 0.1) is 0 Å². The third-order valence-corrected chi connectivity index (χ3v) is 2.14. The maximum Gasteiger partial charge on any atom is 0.416 e. The van der Waals surface area contributed by atoms with Crippen LogP contribution < -0.4 is 10.5 Å². The second-order valence-corrected chi connectivity index (χ2v) is 4.21. The molecule has 0 aliphatic carbocycles. The molecule has 1 rings (SSSR count). The number of benzene rings is 1. The summed E-state index contributed by atoms with van der Waals surface area (Å²) in [5.41, 5.74) is 2.54. The van der Waals surface area contributed by atoms with E-state index in [2.05, 4.69) is 0 Å². The highest BCUT2D eigenvalue weighted by atomic mass is 19.4. The van der Waals surface area contributed by atoms with Crippen molar-refractivity contribution in [3.05, 3.63) is 23.8 Å². The van der Waals surface area contributed by atoms with Crippen LogP contribution in [0.25, 0.3) is 0 Å². The molecule has 0 heterocycles. The number of anilines is 1. The second-order valence-electron chi connectivity index (χ2n) is 4.21. The number of halogens is 3. The monoisotopic (exact) mass is 263 g/mol. The van der Waals surface area contributed by atoms with E-state index >= 15 is 0 Å². The summed E-state index contributed by atoms with van der Waals surface area (Å²) in [5, 5.41) is 8.82. The van der Waals surface area contributed by atoms with E-state index in [1.807, 2.05) is 0 Å². The first-order valence-corrected chi connectivity index (χ1v) is 4.92. The van der Waals surface area contributed by atoms with Gasteiger partial charge in [0.1, 0.15) is 5.75 Å². The zero-order chi connectivity index (χ0) is 14.1. The smallest absolute Gasteiger partial charge is 0.416 e. The van der Waals surface area contributed by atoms with Gasteiger partial charge in [-0.3, -0.25) is 0 Å². The lowest BCUT2D eigenvalue weighted by Crippen LogP contribution is -2.37. The largest absolute Gasteiger partial charge is 0.478 e. The van der Waals surface area contributed by atoms with E-state index in [0.717, 1.165) is 12.1 Å². The van der Waals surface area contributed by atoms with Crippen molar-refractivity contribution in [3.8, 4) is 5.75 Å². The highest BCUT2D eigenvalue weighted by Gasteiger charge is 2.33. The Hall–Kier alpha value is -1.92. The van der Waals surface area contributed by atoms with Crippen LogP contribution in [0.4, 0.5) is 18.9 Å². The normalized spacial score (nSPS) is 12.3. The Bertz CT molecular complexity index is 469. The Morgan fingerprint density at radius 1 is 1.28 bits per heavy atom. The standard InChI is InChI=1S/C11H12F3NO3/c1-10(2,9(16)17)18-8-4-6(11(12,13)14)3-7(15)5-8/h3-5H,15H2,1-2H3,(H,16,17). The number of carbonyl (C=O) groups is 1. The van der Waals surface area contributed by atoms with Crippen LogP contribution in [0.15, 0.2) is 18.2 Å². The van der Waals surface area contributed by atoms with Crippen molar-refractivity contribution < 1.29 is 27.8 Å². The van der Waals surface area contributed by atoms with Gasteiger partial charge in [0.2, 0.25) is 0 Å². The number of rotatable bonds is 3. The van der Waals surface area contributed by atoms with Crippen LogP contribution in [-0.2, 0) is 11.0 Å². The zero-order valence-corrected chi connectivity index (χ0v) is 9.71. The van der Waals surface area contributed by atoms with Gasteiger partial charge in [-0.05, 0) is 26.0 Å². The topological polar surface area (TPSA) is 72.5 Å². The van der Waals surface area contributed by atoms with Gasteiger partial charge < -0.3 is 15.6 Å². The van der Waals surface area contributed by atoms with E-state index in [-0.39, 0.29) is 11.4 Å². The fourth-order valence-corrected chi connectivity index (χ4v) is 1.18. The molecule has 0 atom stereocenters. The maximum atomic E-state index is 12.5.